The van der Waals surface area contributed by atoms with Crippen molar-refractivity contribution in [1.29, 1.82) is 0 Å². The van der Waals surface area contributed by atoms with Crippen molar-refractivity contribution < 1.29 is 13.3 Å². The fraction of sp³-hybridized carbons (Fsp3) is 1.00. The molecule has 0 aliphatic rings. The third-order valence-corrected chi connectivity index (χ3v) is 11.6. The molecular formula is C13H32O3Si2. The summed E-state index contributed by atoms with van der Waals surface area (Å²) < 4.78 is 18.1. The van der Waals surface area contributed by atoms with E-state index in [0.717, 1.165) is 38.0 Å². The lowest BCUT2D eigenvalue weighted by Crippen LogP contribution is -2.44. The van der Waals surface area contributed by atoms with Gasteiger partial charge in [0, 0.05) is 19.8 Å². The maximum Gasteiger partial charge on any atom is 0.337 e. The van der Waals surface area contributed by atoms with E-state index in [9.17, 15) is 0 Å². The minimum absolute atomic E-state index is 0.763. The highest BCUT2D eigenvalue weighted by atomic mass is 28.4. The van der Waals surface area contributed by atoms with Crippen LogP contribution in [-0.4, -0.2) is 36.7 Å². The lowest BCUT2D eigenvalue weighted by molar-refractivity contribution is 0.184. The predicted octanol–water partition coefficient (Wildman–Crippen LogP) is 4.15. The van der Waals surface area contributed by atoms with Crippen molar-refractivity contribution in [2.24, 2.45) is 0 Å². The topological polar surface area (TPSA) is 27.7 Å². The van der Waals surface area contributed by atoms with E-state index in [1.54, 1.807) is 0 Å². The SMILES string of the molecule is CCO[Si](C)(CC)CC[Si](CC)(OCC)OCC. The average molecular weight is 293 g/mol. The maximum atomic E-state index is 6.02. The first-order valence-electron chi connectivity index (χ1n) is 7.43. The van der Waals surface area contributed by atoms with Crippen LogP contribution >= 0.6 is 0 Å². The van der Waals surface area contributed by atoms with Crippen LogP contribution in [0.4, 0.5) is 0 Å². The van der Waals surface area contributed by atoms with Gasteiger partial charge < -0.3 is 13.3 Å². The van der Waals surface area contributed by atoms with Crippen LogP contribution in [0, 0.1) is 0 Å². The Kier molecular flexibility index (Phi) is 9.42. The van der Waals surface area contributed by atoms with Crippen LogP contribution in [0.5, 0.6) is 0 Å². The van der Waals surface area contributed by atoms with Crippen molar-refractivity contribution in [2.75, 3.05) is 19.8 Å². The zero-order valence-corrected chi connectivity index (χ0v) is 15.2. The second-order valence-electron chi connectivity index (χ2n) is 4.87. The van der Waals surface area contributed by atoms with Gasteiger partial charge >= 0.3 is 8.56 Å². The lowest BCUT2D eigenvalue weighted by atomic mass is 10.9. The molecule has 0 rings (SSSR count). The Bertz CT molecular complexity index is 208. The first-order valence-corrected chi connectivity index (χ1v) is 12.5. The first kappa shape index (κ1) is 18.3. The van der Waals surface area contributed by atoms with Gasteiger partial charge in [0.1, 0.15) is 0 Å². The second kappa shape index (κ2) is 9.25. The van der Waals surface area contributed by atoms with Crippen LogP contribution in [0.2, 0.25) is 30.7 Å². The zero-order chi connectivity index (χ0) is 14.1. The van der Waals surface area contributed by atoms with Gasteiger partial charge in [-0.25, -0.2) is 0 Å². The van der Waals surface area contributed by atoms with Gasteiger partial charge in [-0.15, -0.1) is 0 Å². The lowest BCUT2D eigenvalue weighted by Gasteiger charge is -2.33. The minimum Gasteiger partial charge on any atom is -0.417 e. The van der Waals surface area contributed by atoms with E-state index >= 15 is 0 Å². The summed E-state index contributed by atoms with van der Waals surface area (Å²) in [6.45, 7) is 15.4. The average Bonchev–Trinajstić information content (AvgIpc) is 2.37. The molecule has 0 heterocycles. The van der Waals surface area contributed by atoms with E-state index in [4.69, 9.17) is 13.3 Å². The Morgan fingerprint density at radius 1 is 0.667 bits per heavy atom. The molecule has 3 nitrogen and oxygen atoms in total. The van der Waals surface area contributed by atoms with Gasteiger partial charge in [-0.1, -0.05) is 13.8 Å². The number of hydrogen-bond donors (Lipinski definition) is 0. The normalized spacial score (nSPS) is 15.7. The molecule has 1 atom stereocenters. The molecule has 0 aromatic carbocycles. The second-order valence-corrected chi connectivity index (χ2v) is 12.9. The van der Waals surface area contributed by atoms with Crippen molar-refractivity contribution in [3.8, 4) is 0 Å². The molecule has 18 heavy (non-hydrogen) atoms. The Morgan fingerprint density at radius 3 is 1.50 bits per heavy atom. The molecule has 0 fully saturated rings. The minimum atomic E-state index is -1.97. The highest BCUT2D eigenvalue weighted by Crippen LogP contribution is 2.28. The van der Waals surface area contributed by atoms with Crippen molar-refractivity contribution in [3.05, 3.63) is 0 Å². The van der Waals surface area contributed by atoms with E-state index in [0.29, 0.717) is 0 Å². The molecule has 0 aliphatic carbocycles. The van der Waals surface area contributed by atoms with Crippen molar-refractivity contribution >= 4 is 16.9 Å². The smallest absolute Gasteiger partial charge is 0.337 e. The van der Waals surface area contributed by atoms with E-state index in [1.807, 2.05) is 0 Å². The molecule has 0 aromatic rings. The van der Waals surface area contributed by atoms with Crippen LogP contribution in [0.15, 0.2) is 0 Å². The van der Waals surface area contributed by atoms with Gasteiger partial charge in [0.2, 0.25) is 0 Å². The largest absolute Gasteiger partial charge is 0.417 e. The Labute approximate surface area is 116 Å². The summed E-state index contributed by atoms with van der Waals surface area (Å²) in [4.78, 5) is 0. The summed E-state index contributed by atoms with van der Waals surface area (Å²) in [5, 5.41) is 0. The summed E-state index contributed by atoms with van der Waals surface area (Å²) >= 11 is 0. The molecule has 0 spiro atoms. The van der Waals surface area contributed by atoms with Gasteiger partial charge in [-0.05, 0) is 51.5 Å². The standard InChI is InChI=1S/C13H32O3Si2/c1-7-14-17(6,10-4)12-13-18(11-5,15-8-2)16-9-3/h7-13H2,1-6H3. The highest BCUT2D eigenvalue weighted by molar-refractivity contribution is 6.75. The Hall–Kier alpha value is 0.314. The molecule has 0 bridgehead atoms. The Morgan fingerprint density at radius 2 is 1.17 bits per heavy atom. The van der Waals surface area contributed by atoms with Gasteiger partial charge in [-0.2, -0.15) is 0 Å². The first-order chi connectivity index (χ1) is 8.51. The van der Waals surface area contributed by atoms with Gasteiger partial charge in [0.25, 0.3) is 0 Å². The van der Waals surface area contributed by atoms with Crippen LogP contribution in [0.1, 0.15) is 34.6 Å². The Balaban J connectivity index is 4.56. The molecule has 0 saturated carbocycles. The van der Waals surface area contributed by atoms with Gasteiger partial charge in [-0.3, -0.25) is 0 Å². The van der Waals surface area contributed by atoms with Crippen LogP contribution in [0.25, 0.3) is 0 Å². The van der Waals surface area contributed by atoms with Gasteiger partial charge in [0.15, 0.2) is 8.32 Å². The third-order valence-electron chi connectivity index (χ3n) is 3.63. The van der Waals surface area contributed by atoms with Crippen molar-refractivity contribution in [2.45, 2.75) is 65.3 Å². The molecule has 0 radical (unpaired) electrons. The number of rotatable bonds is 11. The van der Waals surface area contributed by atoms with Gasteiger partial charge in [0.05, 0.1) is 0 Å². The molecule has 110 valence electrons. The summed E-state index contributed by atoms with van der Waals surface area (Å²) in [6.07, 6.45) is 0. The predicted molar refractivity (Wildman–Crippen MR) is 82.8 cm³/mol. The zero-order valence-electron chi connectivity index (χ0n) is 13.2. The van der Waals surface area contributed by atoms with E-state index in [2.05, 4.69) is 41.2 Å². The fourth-order valence-corrected chi connectivity index (χ4v) is 9.47. The molecule has 5 heteroatoms. The quantitative estimate of drug-likeness (QED) is 0.535. The summed E-state index contributed by atoms with van der Waals surface area (Å²) in [7, 11) is -3.50. The molecule has 0 amide bonds. The van der Waals surface area contributed by atoms with Crippen molar-refractivity contribution in [1.82, 2.24) is 0 Å². The van der Waals surface area contributed by atoms with E-state index < -0.39 is 16.9 Å². The summed E-state index contributed by atoms with van der Waals surface area (Å²) in [5.74, 6) is 0. The molecule has 0 aromatic heterocycles. The molecule has 0 saturated heterocycles. The third kappa shape index (κ3) is 5.97. The summed E-state index contributed by atoms with van der Waals surface area (Å²) in [6, 6.07) is 4.46. The molecular weight excluding hydrogens is 260 g/mol. The monoisotopic (exact) mass is 292 g/mol. The van der Waals surface area contributed by atoms with Crippen LogP contribution < -0.4 is 0 Å². The maximum absolute atomic E-state index is 6.02. The van der Waals surface area contributed by atoms with Crippen LogP contribution in [-0.2, 0) is 13.3 Å². The highest BCUT2D eigenvalue weighted by Gasteiger charge is 2.38. The van der Waals surface area contributed by atoms with Crippen LogP contribution in [0.3, 0.4) is 0 Å². The summed E-state index contributed by atoms with van der Waals surface area (Å²) in [5.41, 5.74) is 0. The molecule has 0 N–H and O–H groups in total. The molecule has 1 unspecified atom stereocenters. The van der Waals surface area contributed by atoms with Crippen molar-refractivity contribution in [3.63, 3.8) is 0 Å². The van der Waals surface area contributed by atoms with E-state index in [-0.39, 0.29) is 0 Å². The number of hydrogen-bond acceptors (Lipinski definition) is 3. The molecule has 0 aliphatic heterocycles. The van der Waals surface area contributed by atoms with E-state index in [1.165, 1.54) is 6.04 Å². The fourth-order valence-electron chi connectivity index (χ4n) is 2.25.